The Hall–Kier alpha value is -2.41. The molecule has 0 aliphatic carbocycles. The van der Waals surface area contributed by atoms with Crippen LogP contribution in [0.1, 0.15) is 12.8 Å². The maximum Gasteiger partial charge on any atom is 0.319 e. The van der Waals surface area contributed by atoms with E-state index in [-0.39, 0.29) is 18.0 Å². The van der Waals surface area contributed by atoms with Crippen LogP contribution < -0.4 is 10.6 Å². The molecule has 120 valence electrons. The van der Waals surface area contributed by atoms with Crippen LogP contribution in [-0.2, 0) is 4.79 Å². The van der Waals surface area contributed by atoms with Gasteiger partial charge in [-0.15, -0.1) is 11.3 Å². The number of rotatable bonds is 3. The normalized spacial score (nSPS) is 17.9. The lowest BCUT2D eigenvalue weighted by Gasteiger charge is -2.30. The van der Waals surface area contributed by atoms with E-state index in [0.717, 1.165) is 16.3 Å². The largest absolute Gasteiger partial charge is 0.344 e. The third-order valence-corrected chi connectivity index (χ3v) is 4.58. The summed E-state index contributed by atoms with van der Waals surface area (Å²) in [5, 5.41) is 8.59. The van der Waals surface area contributed by atoms with Crippen molar-refractivity contribution in [3.63, 3.8) is 0 Å². The molecule has 1 fully saturated rings. The number of hydrogen-bond donors (Lipinski definition) is 2. The minimum atomic E-state index is -0.256. The van der Waals surface area contributed by atoms with Gasteiger partial charge in [-0.3, -0.25) is 4.79 Å². The lowest BCUT2D eigenvalue weighted by atomic mass is 10.1. The van der Waals surface area contributed by atoms with Crippen LogP contribution in [0.2, 0.25) is 0 Å². The zero-order chi connectivity index (χ0) is 16.2. The summed E-state index contributed by atoms with van der Waals surface area (Å²) in [4.78, 5) is 29.5. The van der Waals surface area contributed by atoms with Gasteiger partial charge in [0.25, 0.3) is 0 Å². The molecule has 1 aliphatic rings. The summed E-state index contributed by atoms with van der Waals surface area (Å²) in [5.41, 5.74) is 1.69. The number of amides is 3. The molecule has 0 radical (unpaired) electrons. The van der Waals surface area contributed by atoms with Crippen LogP contribution in [0.15, 0.2) is 35.8 Å². The van der Waals surface area contributed by atoms with Crippen LogP contribution >= 0.6 is 11.3 Å². The second-order valence-corrected chi connectivity index (χ2v) is 6.42. The van der Waals surface area contributed by atoms with Gasteiger partial charge in [0, 0.05) is 48.9 Å². The highest BCUT2D eigenvalue weighted by Gasteiger charge is 2.23. The summed E-state index contributed by atoms with van der Waals surface area (Å²) in [6.07, 6.45) is 2.91. The van der Waals surface area contributed by atoms with E-state index in [1.165, 1.54) is 0 Å². The molecule has 3 amide bonds. The van der Waals surface area contributed by atoms with Crippen LogP contribution in [0.5, 0.6) is 0 Å². The Bertz CT molecular complexity index is 702. The van der Waals surface area contributed by atoms with Crippen molar-refractivity contribution < 1.29 is 9.59 Å². The van der Waals surface area contributed by atoms with Crippen LogP contribution in [0.4, 0.5) is 10.5 Å². The number of nitrogens with zero attached hydrogens (tertiary/aromatic N) is 2. The topological polar surface area (TPSA) is 74.3 Å². The summed E-state index contributed by atoms with van der Waals surface area (Å²) < 4.78 is 0. The quantitative estimate of drug-likeness (QED) is 0.908. The van der Waals surface area contributed by atoms with Gasteiger partial charge in [0.05, 0.1) is 0 Å². The van der Waals surface area contributed by atoms with Crippen molar-refractivity contribution in [3.8, 4) is 10.6 Å². The zero-order valence-corrected chi connectivity index (χ0v) is 13.6. The monoisotopic (exact) mass is 330 g/mol. The van der Waals surface area contributed by atoms with Crippen molar-refractivity contribution in [2.75, 3.05) is 18.9 Å². The number of carbonyl (C=O) groups is 2. The third kappa shape index (κ3) is 3.87. The second-order valence-electron chi connectivity index (χ2n) is 5.53. The van der Waals surface area contributed by atoms with E-state index < -0.39 is 0 Å². The maximum absolute atomic E-state index is 12.1. The van der Waals surface area contributed by atoms with E-state index in [0.29, 0.717) is 19.4 Å². The third-order valence-electron chi connectivity index (χ3n) is 3.76. The number of piperidine rings is 1. The van der Waals surface area contributed by atoms with Crippen LogP contribution in [0, 0.1) is 0 Å². The molecular formula is C16H18N4O2S. The minimum absolute atomic E-state index is 0.0140. The molecule has 1 unspecified atom stereocenters. The van der Waals surface area contributed by atoms with E-state index in [1.807, 2.05) is 29.6 Å². The first kappa shape index (κ1) is 15.5. The molecule has 0 bridgehead atoms. The molecular weight excluding hydrogens is 312 g/mol. The number of nitrogens with one attached hydrogen (secondary N) is 2. The summed E-state index contributed by atoms with van der Waals surface area (Å²) >= 11 is 1.56. The predicted octanol–water partition coefficient (Wildman–Crippen LogP) is 2.55. The molecule has 7 heteroatoms. The van der Waals surface area contributed by atoms with Crippen molar-refractivity contribution in [1.82, 2.24) is 15.2 Å². The highest BCUT2D eigenvalue weighted by atomic mass is 32.1. The number of aromatic nitrogens is 1. The van der Waals surface area contributed by atoms with Gasteiger partial charge < -0.3 is 15.5 Å². The Morgan fingerprint density at radius 1 is 1.43 bits per heavy atom. The predicted molar refractivity (Wildman–Crippen MR) is 90.4 cm³/mol. The first-order chi connectivity index (χ1) is 11.1. The Kier molecular flexibility index (Phi) is 4.57. The Morgan fingerprint density at radius 2 is 2.30 bits per heavy atom. The van der Waals surface area contributed by atoms with E-state index in [1.54, 1.807) is 29.5 Å². The second kappa shape index (κ2) is 6.78. The van der Waals surface area contributed by atoms with Gasteiger partial charge in [-0.05, 0) is 18.6 Å². The summed E-state index contributed by atoms with van der Waals surface area (Å²) in [6.45, 7) is 0.547. The average Bonchev–Trinajstić information content (AvgIpc) is 3.05. The lowest BCUT2D eigenvalue weighted by Crippen LogP contribution is -2.49. The summed E-state index contributed by atoms with van der Waals surface area (Å²) in [5.74, 6) is 0.125. The Morgan fingerprint density at radius 3 is 3.04 bits per heavy atom. The van der Waals surface area contributed by atoms with Crippen molar-refractivity contribution >= 4 is 29.0 Å². The molecule has 0 spiro atoms. The van der Waals surface area contributed by atoms with Crippen LogP contribution in [0.3, 0.4) is 0 Å². The Balaban J connectivity index is 1.60. The molecule has 2 N–H and O–H groups in total. The molecule has 2 aromatic rings. The SMILES string of the molecule is CN1CC(NC(=O)Nc2cccc(-c3nccs3)c2)CCC1=O. The van der Waals surface area contributed by atoms with E-state index in [9.17, 15) is 9.59 Å². The van der Waals surface area contributed by atoms with Crippen molar-refractivity contribution in [2.24, 2.45) is 0 Å². The molecule has 3 rings (SSSR count). The zero-order valence-electron chi connectivity index (χ0n) is 12.8. The molecule has 6 nitrogen and oxygen atoms in total. The first-order valence-corrected chi connectivity index (χ1v) is 8.31. The number of thiazole rings is 1. The lowest BCUT2D eigenvalue weighted by molar-refractivity contribution is -0.132. The van der Waals surface area contributed by atoms with Crippen molar-refractivity contribution in [1.29, 1.82) is 0 Å². The number of likely N-dealkylation sites (tertiary alicyclic amines) is 1. The van der Waals surface area contributed by atoms with E-state index in [4.69, 9.17) is 0 Å². The Labute approximate surface area is 138 Å². The standard InChI is InChI=1S/C16H18N4O2S/c1-20-10-13(5-6-14(20)21)19-16(22)18-12-4-2-3-11(9-12)15-17-7-8-23-15/h2-4,7-9,13H,5-6,10H2,1H3,(H2,18,19,22). The number of benzene rings is 1. The van der Waals surface area contributed by atoms with Gasteiger partial charge in [0.15, 0.2) is 0 Å². The van der Waals surface area contributed by atoms with Gasteiger partial charge in [0.2, 0.25) is 5.91 Å². The van der Waals surface area contributed by atoms with E-state index in [2.05, 4.69) is 15.6 Å². The summed E-state index contributed by atoms with van der Waals surface area (Å²) in [7, 11) is 1.76. The maximum atomic E-state index is 12.1. The minimum Gasteiger partial charge on any atom is -0.344 e. The fourth-order valence-electron chi connectivity index (χ4n) is 2.58. The van der Waals surface area contributed by atoms with Gasteiger partial charge in [-0.1, -0.05) is 12.1 Å². The highest BCUT2D eigenvalue weighted by Crippen LogP contribution is 2.24. The number of anilines is 1. The fourth-order valence-corrected chi connectivity index (χ4v) is 3.21. The molecule has 1 aromatic carbocycles. The summed E-state index contributed by atoms with van der Waals surface area (Å²) in [6, 6.07) is 7.32. The van der Waals surface area contributed by atoms with Gasteiger partial charge in [0.1, 0.15) is 5.01 Å². The van der Waals surface area contributed by atoms with E-state index >= 15 is 0 Å². The number of carbonyl (C=O) groups excluding carboxylic acids is 2. The molecule has 2 heterocycles. The highest BCUT2D eigenvalue weighted by molar-refractivity contribution is 7.13. The average molecular weight is 330 g/mol. The van der Waals surface area contributed by atoms with Crippen molar-refractivity contribution in [2.45, 2.75) is 18.9 Å². The molecule has 0 saturated carbocycles. The van der Waals surface area contributed by atoms with Crippen LogP contribution in [0.25, 0.3) is 10.6 Å². The molecule has 1 saturated heterocycles. The number of hydrogen-bond acceptors (Lipinski definition) is 4. The molecule has 1 aliphatic heterocycles. The first-order valence-electron chi connectivity index (χ1n) is 7.43. The molecule has 1 aromatic heterocycles. The van der Waals surface area contributed by atoms with Crippen LogP contribution in [-0.4, -0.2) is 41.5 Å². The molecule has 1 atom stereocenters. The smallest absolute Gasteiger partial charge is 0.319 e. The number of urea groups is 1. The van der Waals surface area contributed by atoms with Gasteiger partial charge in [-0.25, -0.2) is 9.78 Å². The number of likely N-dealkylation sites (N-methyl/N-ethyl adjacent to an activating group) is 1. The van der Waals surface area contributed by atoms with Gasteiger partial charge >= 0.3 is 6.03 Å². The fraction of sp³-hybridized carbons (Fsp3) is 0.312. The van der Waals surface area contributed by atoms with Crippen molar-refractivity contribution in [3.05, 3.63) is 35.8 Å². The molecule has 23 heavy (non-hydrogen) atoms. The van der Waals surface area contributed by atoms with Gasteiger partial charge in [-0.2, -0.15) is 0 Å².